The lowest BCUT2D eigenvalue weighted by Crippen LogP contribution is -2.45. The van der Waals surface area contributed by atoms with E-state index in [0.717, 1.165) is 38.4 Å². The Morgan fingerprint density at radius 2 is 1.93 bits per heavy atom. The van der Waals surface area contributed by atoms with E-state index in [2.05, 4.69) is 60.7 Å². The van der Waals surface area contributed by atoms with Crippen LogP contribution in [0.2, 0.25) is 0 Å². The molecule has 6 heteroatoms. The van der Waals surface area contributed by atoms with Gasteiger partial charge in [0.1, 0.15) is 0 Å². The highest BCUT2D eigenvalue weighted by molar-refractivity contribution is 14.0. The molecule has 2 rings (SSSR count). The fraction of sp³-hybridized carbons (Fsp3) is 0.636. The molecule has 28 heavy (non-hydrogen) atoms. The molecule has 0 spiro atoms. The Balaban J connectivity index is 0.00000392. The summed E-state index contributed by atoms with van der Waals surface area (Å²) in [4.78, 5) is 18.4. The van der Waals surface area contributed by atoms with Crippen LogP contribution in [0, 0.1) is 5.92 Å². The van der Waals surface area contributed by atoms with Crippen LogP contribution >= 0.6 is 24.0 Å². The lowest BCUT2D eigenvalue weighted by Gasteiger charge is -2.23. The van der Waals surface area contributed by atoms with Crippen LogP contribution in [0.15, 0.2) is 29.3 Å². The summed E-state index contributed by atoms with van der Waals surface area (Å²) in [7, 11) is 1.79. The maximum absolute atomic E-state index is 12.1. The van der Waals surface area contributed by atoms with Crippen LogP contribution in [0.25, 0.3) is 0 Å². The summed E-state index contributed by atoms with van der Waals surface area (Å²) in [6.45, 7) is 13.0. The molecule has 2 N–H and O–H groups in total. The van der Waals surface area contributed by atoms with E-state index in [1.165, 1.54) is 11.1 Å². The van der Waals surface area contributed by atoms with Crippen molar-refractivity contribution in [3.63, 3.8) is 0 Å². The molecule has 0 radical (unpaired) electrons. The summed E-state index contributed by atoms with van der Waals surface area (Å²) in [5, 5.41) is 6.84. The number of likely N-dealkylation sites (tertiary alicyclic amines) is 1. The monoisotopic (exact) mass is 500 g/mol. The first kappa shape index (κ1) is 24.7. The van der Waals surface area contributed by atoms with Crippen molar-refractivity contribution in [1.29, 1.82) is 0 Å². The fourth-order valence-corrected chi connectivity index (χ4v) is 3.30. The summed E-state index contributed by atoms with van der Waals surface area (Å²) in [6.07, 6.45) is 2.08. The summed E-state index contributed by atoms with van der Waals surface area (Å²) in [5.41, 5.74) is 2.82. The number of guanidine groups is 1. The smallest absolute Gasteiger partial charge is 0.225 e. The van der Waals surface area contributed by atoms with E-state index in [1.54, 1.807) is 7.05 Å². The van der Waals surface area contributed by atoms with Crippen molar-refractivity contribution in [3.8, 4) is 0 Å². The molecular weight excluding hydrogens is 463 g/mol. The molecule has 1 atom stereocenters. The minimum atomic E-state index is 0. The topological polar surface area (TPSA) is 56.7 Å². The molecule has 0 aromatic heterocycles. The number of nitrogens with zero attached hydrogens (tertiary/aromatic N) is 2. The Morgan fingerprint density at radius 3 is 2.46 bits per heavy atom. The van der Waals surface area contributed by atoms with Gasteiger partial charge in [0.25, 0.3) is 0 Å². The van der Waals surface area contributed by atoms with Crippen LogP contribution in [0.1, 0.15) is 58.6 Å². The predicted molar refractivity (Wildman–Crippen MR) is 128 cm³/mol. The van der Waals surface area contributed by atoms with Crippen LogP contribution in [0.5, 0.6) is 0 Å². The predicted octanol–water partition coefficient (Wildman–Crippen LogP) is 3.91. The third-order valence-corrected chi connectivity index (χ3v) is 5.64. The van der Waals surface area contributed by atoms with Crippen LogP contribution in [0.3, 0.4) is 0 Å². The van der Waals surface area contributed by atoms with Gasteiger partial charge in [0.2, 0.25) is 5.91 Å². The lowest BCUT2D eigenvalue weighted by atomic mass is 9.82. The van der Waals surface area contributed by atoms with E-state index in [0.29, 0.717) is 0 Å². The van der Waals surface area contributed by atoms with Crippen LogP contribution in [-0.4, -0.2) is 42.9 Å². The van der Waals surface area contributed by atoms with Gasteiger partial charge < -0.3 is 15.5 Å². The molecule has 1 aliphatic rings. The van der Waals surface area contributed by atoms with Gasteiger partial charge in [-0.2, -0.15) is 0 Å². The van der Waals surface area contributed by atoms with E-state index in [9.17, 15) is 4.79 Å². The highest BCUT2D eigenvalue weighted by Crippen LogP contribution is 2.26. The number of hydrogen-bond donors (Lipinski definition) is 2. The molecule has 1 amide bonds. The van der Waals surface area contributed by atoms with Crippen molar-refractivity contribution >= 4 is 35.8 Å². The molecule has 0 bridgehead atoms. The van der Waals surface area contributed by atoms with Gasteiger partial charge in [0, 0.05) is 38.6 Å². The van der Waals surface area contributed by atoms with Gasteiger partial charge in [-0.15, -0.1) is 24.0 Å². The van der Waals surface area contributed by atoms with Crippen LogP contribution < -0.4 is 10.6 Å². The van der Waals surface area contributed by atoms with Crippen LogP contribution in [-0.2, 0) is 16.8 Å². The Labute approximate surface area is 187 Å². The third kappa shape index (κ3) is 6.64. The highest BCUT2D eigenvalue weighted by Gasteiger charge is 2.27. The summed E-state index contributed by atoms with van der Waals surface area (Å²) < 4.78 is 0. The maximum atomic E-state index is 12.1. The number of halogens is 1. The number of hydrogen-bond acceptors (Lipinski definition) is 2. The molecule has 1 aliphatic heterocycles. The number of nitrogens with one attached hydrogen (secondary N) is 2. The van der Waals surface area contributed by atoms with Crippen molar-refractivity contribution in [3.05, 3.63) is 35.4 Å². The Bertz CT molecular complexity index is 655. The average Bonchev–Trinajstić information content (AvgIpc) is 3.13. The molecule has 0 saturated carbocycles. The first-order chi connectivity index (χ1) is 12.8. The zero-order valence-corrected chi connectivity index (χ0v) is 20.5. The first-order valence-corrected chi connectivity index (χ1v) is 10.1. The SMILES string of the molecule is CCC(C)(C)c1ccc(CNC(=NC)NC2CCN(C(=O)C(C)C)C2)cc1.I. The highest BCUT2D eigenvalue weighted by atomic mass is 127. The number of amides is 1. The lowest BCUT2D eigenvalue weighted by molar-refractivity contribution is -0.133. The molecule has 5 nitrogen and oxygen atoms in total. The Kier molecular flexibility index (Phi) is 9.74. The van der Waals surface area contributed by atoms with Crippen molar-refractivity contribution in [2.75, 3.05) is 20.1 Å². The number of benzene rings is 1. The van der Waals surface area contributed by atoms with Gasteiger partial charge in [0.15, 0.2) is 5.96 Å². The summed E-state index contributed by atoms with van der Waals surface area (Å²) >= 11 is 0. The van der Waals surface area contributed by atoms with E-state index >= 15 is 0 Å². The minimum absolute atomic E-state index is 0. The fourth-order valence-electron chi connectivity index (χ4n) is 3.30. The molecule has 1 heterocycles. The van der Waals surface area contributed by atoms with E-state index in [-0.39, 0.29) is 47.3 Å². The molecule has 1 aromatic rings. The van der Waals surface area contributed by atoms with E-state index in [1.807, 2.05) is 18.7 Å². The molecule has 158 valence electrons. The Hall–Kier alpha value is -1.31. The van der Waals surface area contributed by atoms with Crippen LogP contribution in [0.4, 0.5) is 0 Å². The van der Waals surface area contributed by atoms with Gasteiger partial charge in [-0.25, -0.2) is 0 Å². The van der Waals surface area contributed by atoms with E-state index < -0.39 is 0 Å². The third-order valence-electron chi connectivity index (χ3n) is 5.64. The minimum Gasteiger partial charge on any atom is -0.352 e. The average molecular weight is 500 g/mol. The van der Waals surface area contributed by atoms with Gasteiger partial charge in [-0.1, -0.05) is 58.9 Å². The molecule has 1 saturated heterocycles. The van der Waals surface area contributed by atoms with Gasteiger partial charge in [-0.05, 0) is 29.4 Å². The van der Waals surface area contributed by atoms with E-state index in [4.69, 9.17) is 0 Å². The number of aliphatic imine (C=N–C) groups is 1. The largest absolute Gasteiger partial charge is 0.352 e. The van der Waals surface area contributed by atoms with Crippen molar-refractivity contribution < 1.29 is 4.79 Å². The number of rotatable bonds is 6. The maximum Gasteiger partial charge on any atom is 0.225 e. The quantitative estimate of drug-likeness (QED) is 0.354. The molecular formula is C22H37IN4O. The standard InChI is InChI=1S/C22H36N4O.HI/c1-7-22(4,5)18-10-8-17(9-11-18)14-24-21(23-6)25-19-12-13-26(15-19)20(27)16(2)3;/h8-11,16,19H,7,12-15H2,1-6H3,(H2,23,24,25);1H. The number of carbonyl (C=O) groups is 1. The molecule has 1 unspecified atom stereocenters. The molecule has 1 fully saturated rings. The zero-order valence-electron chi connectivity index (χ0n) is 18.2. The van der Waals surface area contributed by atoms with Crippen molar-refractivity contribution in [2.45, 2.75) is 65.5 Å². The van der Waals surface area contributed by atoms with Gasteiger partial charge in [-0.3, -0.25) is 9.79 Å². The van der Waals surface area contributed by atoms with Gasteiger partial charge in [0.05, 0.1) is 0 Å². The second-order valence-electron chi connectivity index (χ2n) is 8.43. The molecule has 1 aromatic carbocycles. The Morgan fingerprint density at radius 1 is 1.29 bits per heavy atom. The first-order valence-electron chi connectivity index (χ1n) is 10.1. The normalized spacial score (nSPS) is 17.5. The zero-order chi connectivity index (χ0) is 20.0. The second-order valence-corrected chi connectivity index (χ2v) is 8.43. The van der Waals surface area contributed by atoms with Crippen molar-refractivity contribution in [1.82, 2.24) is 15.5 Å². The second kappa shape index (κ2) is 11.0. The summed E-state index contributed by atoms with van der Waals surface area (Å²) in [5.74, 6) is 1.08. The van der Waals surface area contributed by atoms with Crippen molar-refractivity contribution in [2.24, 2.45) is 10.9 Å². The number of carbonyl (C=O) groups excluding carboxylic acids is 1. The summed E-state index contributed by atoms with van der Waals surface area (Å²) in [6, 6.07) is 9.08. The van der Waals surface area contributed by atoms with Gasteiger partial charge >= 0.3 is 0 Å². The molecule has 0 aliphatic carbocycles.